The first-order chi connectivity index (χ1) is 17.0. The van der Waals surface area contributed by atoms with Gasteiger partial charge in [-0.15, -0.1) is 11.8 Å². The van der Waals surface area contributed by atoms with Crippen LogP contribution in [0.3, 0.4) is 0 Å². The van der Waals surface area contributed by atoms with Gasteiger partial charge in [-0.1, -0.05) is 35.6 Å². The zero-order valence-corrected chi connectivity index (χ0v) is 20.3. The van der Waals surface area contributed by atoms with E-state index in [1.165, 1.54) is 23.3 Å². The third-order valence-electron chi connectivity index (χ3n) is 8.30. The Kier molecular flexibility index (Phi) is 4.54. The fourth-order valence-corrected chi connectivity index (χ4v) is 10.00. The molecular formula is C26H22N2O5S2. The Morgan fingerprint density at radius 2 is 1.77 bits per heavy atom. The molecule has 0 radical (unpaired) electrons. The molecule has 3 fully saturated rings. The minimum Gasteiger partial charge on any atom is -0.504 e. The van der Waals surface area contributed by atoms with Crippen LogP contribution in [-0.2, 0) is 9.59 Å². The van der Waals surface area contributed by atoms with Crippen LogP contribution in [0.4, 0.5) is 5.69 Å². The topological polar surface area (TPSA) is 99.7 Å². The number of thiazole rings is 1. The number of carbonyl (C=O) groups excluding carboxylic acids is 2. The van der Waals surface area contributed by atoms with E-state index < -0.39 is 0 Å². The molecule has 2 bridgehead atoms. The molecule has 7 rings (SSSR count). The Balaban J connectivity index is 1.34. The predicted molar refractivity (Wildman–Crippen MR) is 132 cm³/mol. The molecule has 4 aliphatic rings. The second-order valence-electron chi connectivity index (χ2n) is 9.74. The number of imide groups is 1. The normalized spacial score (nSPS) is 32.5. The van der Waals surface area contributed by atoms with Crippen LogP contribution in [0, 0.1) is 29.6 Å². The molecule has 178 valence electrons. The number of amides is 2. The maximum atomic E-state index is 13.7. The molecule has 2 aromatic carbocycles. The molecule has 3 aromatic rings. The highest BCUT2D eigenvalue weighted by Crippen LogP contribution is 2.68. The van der Waals surface area contributed by atoms with Crippen molar-refractivity contribution in [2.75, 3.05) is 12.0 Å². The van der Waals surface area contributed by atoms with Gasteiger partial charge in [0, 0.05) is 16.0 Å². The molecule has 7 nitrogen and oxygen atoms in total. The number of phenolic OH excluding ortho intramolecular Hbond substituents is 1. The maximum Gasteiger partial charge on any atom is 0.305 e. The van der Waals surface area contributed by atoms with Gasteiger partial charge in [-0.3, -0.25) is 19.3 Å². The number of aromatic nitrogens is 1. The fraction of sp³-hybridized carbons (Fsp3) is 0.346. The lowest BCUT2D eigenvalue weighted by Crippen LogP contribution is -2.42. The zero-order valence-electron chi connectivity index (χ0n) is 18.7. The number of nitrogens with zero attached hydrogens (tertiary/aromatic N) is 1. The van der Waals surface area contributed by atoms with Gasteiger partial charge in [-0.2, -0.15) is 0 Å². The van der Waals surface area contributed by atoms with E-state index in [4.69, 9.17) is 4.74 Å². The third kappa shape index (κ3) is 2.82. The fourth-order valence-electron chi connectivity index (χ4n) is 7.11. The number of hydrogen-bond acceptors (Lipinski definition) is 7. The van der Waals surface area contributed by atoms with Crippen molar-refractivity contribution in [2.24, 2.45) is 29.6 Å². The highest BCUT2D eigenvalue weighted by molar-refractivity contribution is 8.00. The molecule has 2 N–H and O–H groups in total. The quantitative estimate of drug-likeness (QED) is 0.524. The Bertz CT molecular complexity index is 1430. The molecule has 0 unspecified atom stereocenters. The van der Waals surface area contributed by atoms with Gasteiger partial charge in [0.15, 0.2) is 11.5 Å². The number of phenols is 1. The molecule has 9 heteroatoms. The number of ether oxygens (including phenoxy) is 1. The largest absolute Gasteiger partial charge is 0.504 e. The lowest BCUT2D eigenvalue weighted by molar-refractivity contribution is -0.123. The standard InChI is InChI=1S/C26H22N2O5S2/c1-33-16-9-11(7-8-15(16)29)17-18-13-10-14(21(18)34-23-22(17)35-26(32)27-23)20-19(13)24(30)28(25(20)31)12-5-3-2-4-6-12/h2-9,13-14,17-21,29H,10H2,1H3,(H,27,32)/t13-,14+,17+,18-,19+,20+,21-/m1/s1. The van der Waals surface area contributed by atoms with Crippen LogP contribution in [0.1, 0.15) is 22.8 Å². The van der Waals surface area contributed by atoms with Crippen LogP contribution in [0.25, 0.3) is 0 Å². The van der Waals surface area contributed by atoms with E-state index >= 15 is 0 Å². The number of H-pyrrole nitrogens is 1. The molecule has 2 saturated carbocycles. The van der Waals surface area contributed by atoms with Crippen LogP contribution in [0.15, 0.2) is 58.4 Å². The molecule has 35 heavy (non-hydrogen) atoms. The van der Waals surface area contributed by atoms with Crippen LogP contribution in [0.2, 0.25) is 0 Å². The lowest BCUT2D eigenvalue weighted by atomic mass is 9.68. The summed E-state index contributed by atoms with van der Waals surface area (Å²) in [6, 6.07) is 14.5. The first-order valence-electron chi connectivity index (χ1n) is 11.7. The van der Waals surface area contributed by atoms with Gasteiger partial charge in [0.2, 0.25) is 11.8 Å². The van der Waals surface area contributed by atoms with Gasteiger partial charge < -0.3 is 14.8 Å². The van der Waals surface area contributed by atoms with Crippen LogP contribution >= 0.6 is 23.1 Å². The third-order valence-corrected chi connectivity index (χ3v) is 10.9. The van der Waals surface area contributed by atoms with E-state index in [2.05, 4.69) is 4.98 Å². The molecule has 1 saturated heterocycles. The van der Waals surface area contributed by atoms with E-state index in [9.17, 15) is 19.5 Å². The molecule has 7 atom stereocenters. The smallest absolute Gasteiger partial charge is 0.305 e. The van der Waals surface area contributed by atoms with Crippen LogP contribution < -0.4 is 14.5 Å². The number of hydrogen-bond donors (Lipinski definition) is 2. The second-order valence-corrected chi connectivity index (χ2v) is 11.9. The highest BCUT2D eigenvalue weighted by Gasteiger charge is 2.69. The van der Waals surface area contributed by atoms with Crippen molar-refractivity contribution in [1.29, 1.82) is 0 Å². The molecule has 2 aliphatic heterocycles. The summed E-state index contributed by atoms with van der Waals surface area (Å²) in [5, 5.41) is 11.2. The molecule has 0 spiro atoms. The van der Waals surface area contributed by atoms with E-state index in [1.54, 1.807) is 17.8 Å². The van der Waals surface area contributed by atoms with Gasteiger partial charge in [-0.05, 0) is 54.0 Å². The van der Waals surface area contributed by atoms with Gasteiger partial charge in [0.25, 0.3) is 0 Å². The molecule has 3 heterocycles. The number of thioether (sulfide) groups is 1. The van der Waals surface area contributed by atoms with Crippen molar-refractivity contribution in [2.45, 2.75) is 22.6 Å². The average Bonchev–Trinajstić information content (AvgIpc) is 3.59. The van der Waals surface area contributed by atoms with Gasteiger partial charge in [-0.25, -0.2) is 0 Å². The number of fused-ring (bicyclic) bond motifs is 9. The van der Waals surface area contributed by atoms with Crippen molar-refractivity contribution >= 4 is 40.6 Å². The summed E-state index contributed by atoms with van der Waals surface area (Å²) in [4.78, 5) is 44.9. The monoisotopic (exact) mass is 506 g/mol. The molecular weight excluding hydrogens is 484 g/mol. The first kappa shape index (κ1) is 21.3. The summed E-state index contributed by atoms with van der Waals surface area (Å²) >= 11 is 2.88. The minimum atomic E-state index is -0.340. The summed E-state index contributed by atoms with van der Waals surface area (Å²) in [6.45, 7) is 0. The van der Waals surface area contributed by atoms with Crippen molar-refractivity contribution in [1.82, 2.24) is 4.98 Å². The number of rotatable bonds is 3. The molecule has 1 aromatic heterocycles. The van der Waals surface area contributed by atoms with Gasteiger partial charge in [0.1, 0.15) is 0 Å². The average molecular weight is 507 g/mol. The summed E-state index contributed by atoms with van der Waals surface area (Å²) < 4.78 is 5.38. The maximum absolute atomic E-state index is 13.7. The number of nitrogens with one attached hydrogen (secondary N) is 1. The SMILES string of the molecule is COc1cc([C@@H]2c3sc(=O)[nH]c3S[C@@H]3[C@H]4C[C@@H]([C@@H]5C(=O)N(c6ccccc6)C(=O)[C@@H]45)[C@H]23)ccc1O. The first-order valence-corrected chi connectivity index (χ1v) is 13.4. The van der Waals surface area contributed by atoms with Crippen molar-refractivity contribution in [3.05, 3.63) is 68.6 Å². The van der Waals surface area contributed by atoms with E-state index in [0.29, 0.717) is 11.4 Å². The number of aromatic amines is 1. The van der Waals surface area contributed by atoms with Crippen LogP contribution in [0.5, 0.6) is 11.5 Å². The predicted octanol–water partition coefficient (Wildman–Crippen LogP) is 3.83. The number of methoxy groups -OCH3 is 1. The van der Waals surface area contributed by atoms with Crippen LogP contribution in [-0.4, -0.2) is 34.3 Å². The number of aromatic hydroxyl groups is 1. The van der Waals surface area contributed by atoms with E-state index in [1.807, 2.05) is 42.5 Å². The van der Waals surface area contributed by atoms with E-state index in [0.717, 1.165) is 21.9 Å². The van der Waals surface area contributed by atoms with Gasteiger partial charge in [0.05, 0.1) is 29.7 Å². The Morgan fingerprint density at radius 1 is 1.03 bits per heavy atom. The Labute approximate surface area is 209 Å². The van der Waals surface area contributed by atoms with Crippen molar-refractivity contribution < 1.29 is 19.4 Å². The lowest BCUT2D eigenvalue weighted by Gasteiger charge is -2.43. The summed E-state index contributed by atoms with van der Waals surface area (Å²) in [5.74, 6) is -0.301. The highest BCUT2D eigenvalue weighted by atomic mass is 32.2. The summed E-state index contributed by atoms with van der Waals surface area (Å²) in [5.41, 5.74) is 1.59. The van der Waals surface area contributed by atoms with E-state index in [-0.39, 0.29) is 63.2 Å². The number of benzene rings is 2. The van der Waals surface area contributed by atoms with Crippen molar-refractivity contribution in [3.8, 4) is 11.5 Å². The summed E-state index contributed by atoms with van der Waals surface area (Å²) in [6.07, 6.45) is 0.836. The van der Waals surface area contributed by atoms with Gasteiger partial charge >= 0.3 is 4.87 Å². The Hall–Kier alpha value is -3.04. The number of anilines is 1. The minimum absolute atomic E-state index is 0.0443. The zero-order chi connectivity index (χ0) is 24.0. The summed E-state index contributed by atoms with van der Waals surface area (Å²) in [7, 11) is 1.52. The second kappa shape index (κ2) is 7.48. The molecule has 2 aliphatic carbocycles. The number of carbonyl (C=O) groups is 2. The molecule has 2 amide bonds. The van der Waals surface area contributed by atoms with Crippen molar-refractivity contribution in [3.63, 3.8) is 0 Å². The Morgan fingerprint density at radius 3 is 2.51 bits per heavy atom. The number of para-hydroxylation sites is 1.